The number of benzene rings is 1. The number of phenolic OH excluding ortho intramolecular Hbond substituents is 1. The Kier molecular flexibility index (Phi) is 3.45. The average Bonchev–Trinajstić information content (AvgIpc) is 2.71. The molecule has 82 valence electrons. The van der Waals surface area contributed by atoms with Gasteiger partial charge in [0.25, 0.3) is 0 Å². The van der Waals surface area contributed by atoms with Gasteiger partial charge in [-0.25, -0.2) is 0 Å². The van der Waals surface area contributed by atoms with Crippen molar-refractivity contribution in [3.05, 3.63) is 24.3 Å². The van der Waals surface area contributed by atoms with Crippen molar-refractivity contribution >= 4 is 0 Å². The fourth-order valence-electron chi connectivity index (χ4n) is 1.75. The summed E-state index contributed by atoms with van der Waals surface area (Å²) in [6.07, 6.45) is 3.60. The van der Waals surface area contributed by atoms with Gasteiger partial charge in [0.05, 0.1) is 12.7 Å². The highest BCUT2D eigenvalue weighted by atomic mass is 16.5. The van der Waals surface area contributed by atoms with Crippen LogP contribution in [-0.4, -0.2) is 24.4 Å². The zero-order chi connectivity index (χ0) is 10.5. The topological polar surface area (TPSA) is 38.7 Å². The lowest BCUT2D eigenvalue weighted by molar-refractivity contribution is 0.0903. The summed E-state index contributed by atoms with van der Waals surface area (Å²) in [4.78, 5) is 0. The predicted octanol–water partition coefficient (Wildman–Crippen LogP) is 2.34. The maximum absolute atomic E-state index is 9.22. The molecule has 0 saturated carbocycles. The first-order valence-corrected chi connectivity index (χ1v) is 5.38. The van der Waals surface area contributed by atoms with Crippen LogP contribution in [0.5, 0.6) is 11.5 Å². The van der Waals surface area contributed by atoms with Crippen molar-refractivity contribution in [2.45, 2.75) is 25.4 Å². The molecule has 1 unspecified atom stereocenters. The third-order valence-electron chi connectivity index (χ3n) is 2.55. The van der Waals surface area contributed by atoms with Crippen LogP contribution in [0.15, 0.2) is 24.3 Å². The summed E-state index contributed by atoms with van der Waals surface area (Å²) in [5, 5.41) is 9.22. The minimum atomic E-state index is 0.240. The van der Waals surface area contributed by atoms with E-state index in [9.17, 15) is 5.11 Å². The molecule has 1 heterocycles. The molecule has 0 amide bonds. The molecular formula is C12H16O3. The molecule has 3 heteroatoms. The van der Waals surface area contributed by atoms with Crippen molar-refractivity contribution in [3.63, 3.8) is 0 Å². The van der Waals surface area contributed by atoms with Crippen molar-refractivity contribution in [2.24, 2.45) is 0 Å². The molecular weight excluding hydrogens is 192 g/mol. The fourth-order valence-corrected chi connectivity index (χ4v) is 1.75. The number of hydrogen-bond donors (Lipinski definition) is 1. The van der Waals surface area contributed by atoms with Crippen LogP contribution in [0.3, 0.4) is 0 Å². The summed E-state index contributed by atoms with van der Waals surface area (Å²) >= 11 is 0. The van der Waals surface area contributed by atoms with Crippen LogP contribution in [0.4, 0.5) is 0 Å². The highest BCUT2D eigenvalue weighted by Crippen LogP contribution is 2.19. The second-order valence-corrected chi connectivity index (χ2v) is 3.77. The predicted molar refractivity (Wildman–Crippen MR) is 57.2 cm³/mol. The number of phenols is 1. The van der Waals surface area contributed by atoms with Crippen molar-refractivity contribution in [2.75, 3.05) is 13.2 Å². The molecule has 0 aromatic heterocycles. The van der Waals surface area contributed by atoms with Crippen LogP contribution in [0.25, 0.3) is 0 Å². The first-order chi connectivity index (χ1) is 7.34. The van der Waals surface area contributed by atoms with Crippen molar-refractivity contribution < 1.29 is 14.6 Å². The third-order valence-corrected chi connectivity index (χ3v) is 2.55. The molecule has 0 bridgehead atoms. The van der Waals surface area contributed by atoms with E-state index in [0.717, 1.165) is 25.9 Å². The van der Waals surface area contributed by atoms with Gasteiger partial charge in [0.15, 0.2) is 0 Å². The van der Waals surface area contributed by atoms with E-state index in [1.165, 1.54) is 0 Å². The van der Waals surface area contributed by atoms with Crippen LogP contribution in [-0.2, 0) is 4.74 Å². The lowest BCUT2D eigenvalue weighted by Crippen LogP contribution is -2.10. The lowest BCUT2D eigenvalue weighted by atomic mass is 10.2. The van der Waals surface area contributed by atoms with Gasteiger partial charge in [0, 0.05) is 19.1 Å². The second kappa shape index (κ2) is 5.03. The smallest absolute Gasteiger partial charge is 0.122 e. The Labute approximate surface area is 89.6 Å². The van der Waals surface area contributed by atoms with Crippen molar-refractivity contribution in [1.29, 1.82) is 0 Å². The summed E-state index contributed by atoms with van der Waals surface area (Å²) < 4.78 is 11.0. The van der Waals surface area contributed by atoms with Gasteiger partial charge < -0.3 is 14.6 Å². The van der Waals surface area contributed by atoms with Crippen molar-refractivity contribution in [1.82, 2.24) is 0 Å². The van der Waals surface area contributed by atoms with Gasteiger partial charge in [-0.15, -0.1) is 0 Å². The van der Waals surface area contributed by atoms with E-state index in [2.05, 4.69) is 0 Å². The Morgan fingerprint density at radius 1 is 1.47 bits per heavy atom. The summed E-state index contributed by atoms with van der Waals surface area (Å²) in [5.41, 5.74) is 0. The normalized spacial score (nSPS) is 20.4. The van der Waals surface area contributed by atoms with Gasteiger partial charge in [0.2, 0.25) is 0 Å². The molecule has 0 aliphatic carbocycles. The quantitative estimate of drug-likeness (QED) is 0.825. The molecule has 1 atom stereocenters. The summed E-state index contributed by atoms with van der Waals surface area (Å²) in [5.74, 6) is 0.956. The highest BCUT2D eigenvalue weighted by Gasteiger charge is 2.14. The third kappa shape index (κ3) is 3.13. The van der Waals surface area contributed by atoms with Gasteiger partial charge in [0.1, 0.15) is 11.5 Å². The Bertz CT molecular complexity index is 305. The Morgan fingerprint density at radius 3 is 3.13 bits per heavy atom. The zero-order valence-electron chi connectivity index (χ0n) is 8.69. The Morgan fingerprint density at radius 2 is 2.40 bits per heavy atom. The van der Waals surface area contributed by atoms with E-state index in [1.807, 2.05) is 6.07 Å². The molecule has 1 N–H and O–H groups in total. The minimum Gasteiger partial charge on any atom is -0.508 e. The molecule has 1 aromatic carbocycles. The number of rotatable bonds is 4. The van der Waals surface area contributed by atoms with Crippen LogP contribution in [0.2, 0.25) is 0 Å². The van der Waals surface area contributed by atoms with E-state index in [0.29, 0.717) is 18.5 Å². The molecule has 1 saturated heterocycles. The minimum absolute atomic E-state index is 0.240. The van der Waals surface area contributed by atoms with Crippen LogP contribution in [0, 0.1) is 0 Å². The van der Waals surface area contributed by atoms with Gasteiger partial charge in [-0.05, 0) is 25.0 Å². The van der Waals surface area contributed by atoms with Gasteiger partial charge in [-0.1, -0.05) is 6.07 Å². The van der Waals surface area contributed by atoms with Gasteiger partial charge in [-0.2, -0.15) is 0 Å². The monoisotopic (exact) mass is 208 g/mol. The summed E-state index contributed by atoms with van der Waals surface area (Å²) in [6.45, 7) is 1.53. The standard InChI is InChI=1S/C12H16O3/c13-10-3-1-4-12(9-10)15-8-6-11-5-2-7-14-11/h1,3-4,9,11,13H,2,5-8H2. The van der Waals surface area contributed by atoms with E-state index < -0.39 is 0 Å². The average molecular weight is 208 g/mol. The van der Waals surface area contributed by atoms with E-state index >= 15 is 0 Å². The lowest BCUT2D eigenvalue weighted by Gasteiger charge is -2.10. The summed E-state index contributed by atoms with van der Waals surface area (Å²) in [6, 6.07) is 6.87. The van der Waals surface area contributed by atoms with Gasteiger partial charge >= 0.3 is 0 Å². The molecule has 0 spiro atoms. The molecule has 1 fully saturated rings. The fraction of sp³-hybridized carbons (Fsp3) is 0.500. The Hall–Kier alpha value is -1.22. The molecule has 2 rings (SSSR count). The summed E-state index contributed by atoms with van der Waals surface area (Å²) in [7, 11) is 0. The molecule has 15 heavy (non-hydrogen) atoms. The first-order valence-electron chi connectivity index (χ1n) is 5.38. The number of aromatic hydroxyl groups is 1. The number of ether oxygens (including phenoxy) is 2. The maximum atomic E-state index is 9.22. The van der Waals surface area contributed by atoms with Gasteiger partial charge in [-0.3, -0.25) is 0 Å². The van der Waals surface area contributed by atoms with Crippen molar-refractivity contribution in [3.8, 4) is 11.5 Å². The maximum Gasteiger partial charge on any atom is 0.122 e. The molecule has 1 aromatic rings. The van der Waals surface area contributed by atoms with E-state index in [1.54, 1.807) is 18.2 Å². The molecule has 1 aliphatic heterocycles. The SMILES string of the molecule is Oc1cccc(OCCC2CCCO2)c1. The van der Waals surface area contributed by atoms with E-state index in [4.69, 9.17) is 9.47 Å². The van der Waals surface area contributed by atoms with E-state index in [-0.39, 0.29) is 5.75 Å². The molecule has 3 nitrogen and oxygen atoms in total. The second-order valence-electron chi connectivity index (χ2n) is 3.77. The molecule has 0 radical (unpaired) electrons. The van der Waals surface area contributed by atoms with Crippen LogP contribution in [0.1, 0.15) is 19.3 Å². The van der Waals surface area contributed by atoms with Crippen LogP contribution < -0.4 is 4.74 Å². The Balaban J connectivity index is 1.73. The largest absolute Gasteiger partial charge is 0.508 e. The number of hydrogen-bond acceptors (Lipinski definition) is 3. The highest BCUT2D eigenvalue weighted by molar-refractivity contribution is 5.31. The first kappa shape index (κ1) is 10.3. The molecule has 1 aliphatic rings. The zero-order valence-corrected chi connectivity index (χ0v) is 8.69. The van der Waals surface area contributed by atoms with Crippen LogP contribution >= 0.6 is 0 Å².